The summed E-state index contributed by atoms with van der Waals surface area (Å²) in [6.07, 6.45) is 5.67. The summed E-state index contributed by atoms with van der Waals surface area (Å²) in [6, 6.07) is 0. The summed E-state index contributed by atoms with van der Waals surface area (Å²) in [4.78, 5) is 4.37. The van der Waals surface area contributed by atoms with Gasteiger partial charge in [-0.1, -0.05) is 0 Å². The number of hydrogen-bond donors (Lipinski definition) is 0. The van der Waals surface area contributed by atoms with Gasteiger partial charge in [-0.15, -0.1) is 0 Å². The smallest absolute Gasteiger partial charge is 0.136 e. The molecule has 2 nitrogen and oxygen atoms in total. The molecule has 2 aliphatic rings. The topological polar surface area (TPSA) is 21.6 Å². The molecular weight excluding hydrogens is 126 g/mol. The highest BCUT2D eigenvalue weighted by Crippen LogP contribution is 2.18. The number of fused-ring (bicyclic) bond motifs is 1. The van der Waals surface area contributed by atoms with Crippen molar-refractivity contribution in [3.8, 4) is 0 Å². The number of aliphatic imine (C=N–C) groups is 1. The maximum atomic E-state index is 5.41. The second-order valence-electron chi connectivity index (χ2n) is 2.64. The van der Waals surface area contributed by atoms with E-state index in [-0.39, 0.29) is 0 Å². The molecule has 2 rings (SSSR count). The predicted molar refractivity (Wildman–Crippen MR) is 40.2 cm³/mol. The second-order valence-corrected chi connectivity index (χ2v) is 2.64. The van der Waals surface area contributed by atoms with Crippen LogP contribution in [0.25, 0.3) is 0 Å². The molecule has 2 heteroatoms. The monoisotopic (exact) mass is 137 g/mol. The number of rotatable bonds is 0. The van der Waals surface area contributed by atoms with Crippen LogP contribution in [-0.4, -0.2) is 18.9 Å². The summed E-state index contributed by atoms with van der Waals surface area (Å²) < 4.78 is 5.41. The van der Waals surface area contributed by atoms with Crippen LogP contribution in [0.5, 0.6) is 0 Å². The van der Waals surface area contributed by atoms with Crippen LogP contribution in [0.2, 0.25) is 0 Å². The summed E-state index contributed by atoms with van der Waals surface area (Å²) in [5, 5.41) is 0. The summed E-state index contributed by atoms with van der Waals surface area (Å²) in [5.74, 6) is 1.05. The fraction of sp³-hybridized carbons (Fsp3) is 0.625. The van der Waals surface area contributed by atoms with Gasteiger partial charge in [0, 0.05) is 0 Å². The van der Waals surface area contributed by atoms with Gasteiger partial charge in [0.1, 0.15) is 12.4 Å². The van der Waals surface area contributed by atoms with E-state index < -0.39 is 0 Å². The Morgan fingerprint density at radius 2 is 2.50 bits per heavy atom. The van der Waals surface area contributed by atoms with E-state index in [0.29, 0.717) is 0 Å². The Balaban J connectivity index is 2.25. The number of allylic oxidation sites excluding steroid dienone is 2. The Morgan fingerprint density at radius 1 is 1.50 bits per heavy atom. The summed E-state index contributed by atoms with van der Waals surface area (Å²) in [5.41, 5.74) is 1.19. The molecule has 0 amide bonds. The molecule has 0 atom stereocenters. The maximum absolute atomic E-state index is 5.41. The first-order chi connectivity index (χ1) is 4.97. The standard InChI is InChI=1S/C8H11NO/c1-2-4-8-7(3-1)9-5-6-10-8/h4H,1-3,5-6H2. The van der Waals surface area contributed by atoms with Crippen molar-refractivity contribution in [1.29, 1.82) is 0 Å². The van der Waals surface area contributed by atoms with Crippen LogP contribution in [-0.2, 0) is 4.74 Å². The van der Waals surface area contributed by atoms with Gasteiger partial charge < -0.3 is 4.74 Å². The maximum Gasteiger partial charge on any atom is 0.136 e. The van der Waals surface area contributed by atoms with Crippen molar-refractivity contribution in [3.63, 3.8) is 0 Å². The van der Waals surface area contributed by atoms with Crippen LogP contribution >= 0.6 is 0 Å². The minimum Gasteiger partial charge on any atom is -0.490 e. The molecule has 0 saturated heterocycles. The number of ether oxygens (including phenoxy) is 1. The lowest BCUT2D eigenvalue weighted by atomic mass is 10.0. The van der Waals surface area contributed by atoms with Crippen LogP contribution < -0.4 is 0 Å². The van der Waals surface area contributed by atoms with Crippen LogP contribution in [0, 0.1) is 0 Å². The molecule has 0 spiro atoms. The zero-order chi connectivity index (χ0) is 6.81. The van der Waals surface area contributed by atoms with Crippen molar-refractivity contribution in [2.24, 2.45) is 4.99 Å². The molecule has 10 heavy (non-hydrogen) atoms. The Morgan fingerprint density at radius 3 is 3.40 bits per heavy atom. The van der Waals surface area contributed by atoms with Gasteiger partial charge in [0.25, 0.3) is 0 Å². The molecule has 0 aromatic rings. The van der Waals surface area contributed by atoms with E-state index in [9.17, 15) is 0 Å². The Hall–Kier alpha value is -0.790. The van der Waals surface area contributed by atoms with Gasteiger partial charge in [0.05, 0.1) is 12.3 Å². The highest BCUT2D eigenvalue weighted by atomic mass is 16.5. The Labute approximate surface area is 60.6 Å². The highest BCUT2D eigenvalue weighted by Gasteiger charge is 2.15. The van der Waals surface area contributed by atoms with Crippen LogP contribution in [0.15, 0.2) is 16.8 Å². The van der Waals surface area contributed by atoms with Gasteiger partial charge in [-0.05, 0) is 25.3 Å². The molecular formula is C8H11NO. The average molecular weight is 137 g/mol. The van der Waals surface area contributed by atoms with E-state index in [2.05, 4.69) is 11.1 Å². The molecule has 0 saturated carbocycles. The molecule has 1 heterocycles. The minimum absolute atomic E-state index is 0.773. The van der Waals surface area contributed by atoms with E-state index in [1.54, 1.807) is 0 Å². The normalized spacial score (nSPS) is 24.0. The van der Waals surface area contributed by atoms with E-state index in [0.717, 1.165) is 31.8 Å². The lowest BCUT2D eigenvalue weighted by molar-refractivity contribution is 0.227. The van der Waals surface area contributed by atoms with E-state index >= 15 is 0 Å². The molecule has 0 bridgehead atoms. The summed E-state index contributed by atoms with van der Waals surface area (Å²) in [6.45, 7) is 1.63. The predicted octanol–water partition coefficient (Wildman–Crippen LogP) is 1.53. The zero-order valence-corrected chi connectivity index (χ0v) is 5.97. The lowest BCUT2D eigenvalue weighted by Gasteiger charge is -2.20. The fourth-order valence-electron chi connectivity index (χ4n) is 1.38. The van der Waals surface area contributed by atoms with E-state index in [1.807, 2.05) is 0 Å². The molecule has 0 fully saturated rings. The first-order valence-electron chi connectivity index (χ1n) is 3.83. The van der Waals surface area contributed by atoms with Gasteiger partial charge in [0.2, 0.25) is 0 Å². The average Bonchev–Trinajstić information content (AvgIpc) is 2.05. The quantitative estimate of drug-likeness (QED) is 0.496. The van der Waals surface area contributed by atoms with Crippen LogP contribution in [0.1, 0.15) is 19.3 Å². The van der Waals surface area contributed by atoms with Crippen molar-refractivity contribution in [2.45, 2.75) is 19.3 Å². The van der Waals surface area contributed by atoms with Crippen molar-refractivity contribution >= 4 is 5.71 Å². The minimum atomic E-state index is 0.773. The molecule has 0 N–H and O–H groups in total. The largest absolute Gasteiger partial charge is 0.490 e. The molecule has 0 aromatic heterocycles. The second kappa shape index (κ2) is 2.45. The molecule has 1 aliphatic heterocycles. The van der Waals surface area contributed by atoms with Crippen molar-refractivity contribution < 1.29 is 4.74 Å². The third-order valence-electron chi connectivity index (χ3n) is 1.88. The Kier molecular flexibility index (Phi) is 1.46. The molecule has 0 aromatic carbocycles. The number of nitrogens with zero attached hydrogens (tertiary/aromatic N) is 1. The van der Waals surface area contributed by atoms with E-state index in [4.69, 9.17) is 4.74 Å². The molecule has 54 valence electrons. The molecule has 0 unspecified atom stereocenters. The third-order valence-corrected chi connectivity index (χ3v) is 1.88. The van der Waals surface area contributed by atoms with Gasteiger partial charge in [-0.3, -0.25) is 4.99 Å². The highest BCUT2D eigenvalue weighted by molar-refractivity contribution is 5.99. The van der Waals surface area contributed by atoms with Crippen LogP contribution in [0.3, 0.4) is 0 Å². The van der Waals surface area contributed by atoms with Gasteiger partial charge >= 0.3 is 0 Å². The van der Waals surface area contributed by atoms with Crippen molar-refractivity contribution in [2.75, 3.05) is 13.2 Å². The zero-order valence-electron chi connectivity index (χ0n) is 5.97. The SMILES string of the molecule is C1=C2OCCN=C2CCC1. The van der Waals surface area contributed by atoms with Crippen molar-refractivity contribution in [3.05, 3.63) is 11.8 Å². The van der Waals surface area contributed by atoms with Gasteiger partial charge in [-0.25, -0.2) is 0 Å². The molecule has 0 radical (unpaired) electrons. The van der Waals surface area contributed by atoms with E-state index in [1.165, 1.54) is 12.1 Å². The summed E-state index contributed by atoms with van der Waals surface area (Å²) in [7, 11) is 0. The fourth-order valence-corrected chi connectivity index (χ4v) is 1.38. The first-order valence-corrected chi connectivity index (χ1v) is 3.83. The number of hydrogen-bond acceptors (Lipinski definition) is 2. The van der Waals surface area contributed by atoms with Gasteiger partial charge in [-0.2, -0.15) is 0 Å². The summed E-state index contributed by atoms with van der Waals surface area (Å²) >= 11 is 0. The van der Waals surface area contributed by atoms with Crippen molar-refractivity contribution in [1.82, 2.24) is 0 Å². The third kappa shape index (κ3) is 0.939. The van der Waals surface area contributed by atoms with Gasteiger partial charge in [0.15, 0.2) is 0 Å². The molecule has 1 aliphatic carbocycles. The first kappa shape index (κ1) is 5.96. The Bertz CT molecular complexity index is 171. The lowest BCUT2D eigenvalue weighted by Crippen LogP contribution is -2.18. The van der Waals surface area contributed by atoms with Crippen LogP contribution in [0.4, 0.5) is 0 Å².